The summed E-state index contributed by atoms with van der Waals surface area (Å²) in [5.74, 6) is 1.98. The molecule has 1 aliphatic rings. The van der Waals surface area contributed by atoms with Crippen LogP contribution in [0.5, 0.6) is 0 Å². The van der Waals surface area contributed by atoms with Gasteiger partial charge in [-0.25, -0.2) is 0 Å². The molecule has 1 unspecified atom stereocenters. The molecule has 1 aromatic heterocycles. The summed E-state index contributed by atoms with van der Waals surface area (Å²) in [5, 5.41) is 13.1. The van der Waals surface area contributed by atoms with Crippen molar-refractivity contribution in [3.05, 3.63) is 42.2 Å². The van der Waals surface area contributed by atoms with Crippen molar-refractivity contribution in [2.75, 3.05) is 0 Å². The van der Waals surface area contributed by atoms with Crippen molar-refractivity contribution in [3.63, 3.8) is 0 Å². The molecule has 0 bridgehead atoms. The quantitative estimate of drug-likeness (QED) is 0.883. The molecule has 1 aromatic carbocycles. The van der Waals surface area contributed by atoms with Crippen LogP contribution in [0, 0.1) is 17.8 Å². The number of aliphatic hydroxyl groups is 1. The monoisotopic (exact) mass is 283 g/mol. The van der Waals surface area contributed by atoms with Crippen LogP contribution in [0.2, 0.25) is 0 Å². The maximum absolute atomic E-state index is 10.8. The lowest BCUT2D eigenvalue weighted by Crippen LogP contribution is -2.23. The van der Waals surface area contributed by atoms with Gasteiger partial charge in [-0.1, -0.05) is 38.1 Å². The van der Waals surface area contributed by atoms with Crippen LogP contribution in [0.1, 0.15) is 51.2 Å². The Morgan fingerprint density at radius 1 is 1.00 bits per heavy atom. The van der Waals surface area contributed by atoms with Crippen molar-refractivity contribution in [1.29, 1.82) is 0 Å². The molecule has 3 rings (SSSR count). The van der Waals surface area contributed by atoms with E-state index in [0.717, 1.165) is 41.0 Å². The summed E-state index contributed by atoms with van der Waals surface area (Å²) in [6.45, 7) is 4.63. The van der Waals surface area contributed by atoms with E-state index in [0.29, 0.717) is 5.92 Å². The Bertz CT molecular complexity index is 594. The van der Waals surface area contributed by atoms with Gasteiger partial charge in [-0.3, -0.25) is 4.98 Å². The van der Waals surface area contributed by atoms with Crippen LogP contribution in [0.15, 0.2) is 36.7 Å². The van der Waals surface area contributed by atoms with Gasteiger partial charge >= 0.3 is 0 Å². The predicted octanol–water partition coefficient (Wildman–Crippen LogP) is 4.73. The molecule has 2 nitrogen and oxygen atoms in total. The first-order valence-corrected chi connectivity index (χ1v) is 8.17. The molecule has 2 heteroatoms. The SMILES string of the molecule is CC(C)C1CCC(C(O)c2cncc3ccccc23)CC1. The average molecular weight is 283 g/mol. The zero-order valence-electron chi connectivity index (χ0n) is 13.0. The highest BCUT2D eigenvalue weighted by Gasteiger charge is 2.29. The molecule has 0 aliphatic heterocycles. The van der Waals surface area contributed by atoms with E-state index in [9.17, 15) is 5.11 Å². The topological polar surface area (TPSA) is 33.1 Å². The van der Waals surface area contributed by atoms with E-state index >= 15 is 0 Å². The second kappa shape index (κ2) is 6.15. The van der Waals surface area contributed by atoms with Crippen LogP contribution in [0.4, 0.5) is 0 Å². The fourth-order valence-electron chi connectivity index (χ4n) is 3.76. The summed E-state index contributed by atoms with van der Waals surface area (Å²) in [5.41, 5.74) is 1.00. The van der Waals surface area contributed by atoms with Crippen molar-refractivity contribution in [2.45, 2.75) is 45.6 Å². The number of benzene rings is 1. The van der Waals surface area contributed by atoms with E-state index in [-0.39, 0.29) is 6.10 Å². The summed E-state index contributed by atoms with van der Waals surface area (Å²) in [6.07, 6.45) is 8.11. The fraction of sp³-hybridized carbons (Fsp3) is 0.526. The molecule has 2 aromatic rings. The molecular weight excluding hydrogens is 258 g/mol. The first-order chi connectivity index (χ1) is 10.2. The van der Waals surface area contributed by atoms with Crippen LogP contribution in [-0.4, -0.2) is 10.1 Å². The van der Waals surface area contributed by atoms with Gasteiger partial charge in [-0.2, -0.15) is 0 Å². The van der Waals surface area contributed by atoms with Crippen molar-refractivity contribution in [2.24, 2.45) is 17.8 Å². The highest BCUT2D eigenvalue weighted by Crippen LogP contribution is 2.40. The maximum Gasteiger partial charge on any atom is 0.0839 e. The second-order valence-corrected chi connectivity index (χ2v) is 6.81. The summed E-state index contributed by atoms with van der Waals surface area (Å²) in [6, 6.07) is 8.21. The number of rotatable bonds is 3. The zero-order chi connectivity index (χ0) is 14.8. The molecule has 1 saturated carbocycles. The lowest BCUT2D eigenvalue weighted by molar-refractivity contribution is 0.0676. The van der Waals surface area contributed by atoms with Crippen LogP contribution < -0.4 is 0 Å². The first kappa shape index (κ1) is 14.5. The number of hydrogen-bond donors (Lipinski definition) is 1. The van der Waals surface area contributed by atoms with E-state index in [4.69, 9.17) is 0 Å². The minimum absolute atomic E-state index is 0.378. The van der Waals surface area contributed by atoms with Gasteiger partial charge < -0.3 is 5.11 Å². The van der Waals surface area contributed by atoms with Crippen molar-refractivity contribution in [1.82, 2.24) is 4.98 Å². The molecule has 0 radical (unpaired) electrons. The third kappa shape index (κ3) is 2.96. The van der Waals surface area contributed by atoms with Gasteiger partial charge in [0.2, 0.25) is 0 Å². The highest BCUT2D eigenvalue weighted by atomic mass is 16.3. The summed E-state index contributed by atoms with van der Waals surface area (Å²) in [7, 11) is 0. The maximum atomic E-state index is 10.8. The van der Waals surface area contributed by atoms with Gasteiger partial charge in [-0.15, -0.1) is 0 Å². The van der Waals surface area contributed by atoms with E-state index in [1.165, 1.54) is 12.8 Å². The number of pyridine rings is 1. The molecule has 1 N–H and O–H groups in total. The summed E-state index contributed by atoms with van der Waals surface area (Å²) < 4.78 is 0. The van der Waals surface area contributed by atoms with Gasteiger partial charge in [0.15, 0.2) is 0 Å². The lowest BCUT2D eigenvalue weighted by atomic mass is 9.74. The van der Waals surface area contributed by atoms with Crippen LogP contribution in [0.3, 0.4) is 0 Å². The number of hydrogen-bond acceptors (Lipinski definition) is 2. The number of aliphatic hydroxyl groups excluding tert-OH is 1. The standard InChI is InChI=1S/C19H25NO/c1-13(2)14-7-9-15(10-8-14)19(21)18-12-20-11-16-5-3-4-6-17(16)18/h3-6,11-15,19,21H,7-10H2,1-2H3. The van der Waals surface area contributed by atoms with Crippen molar-refractivity contribution >= 4 is 10.8 Å². The normalized spacial score (nSPS) is 24.4. The molecule has 1 heterocycles. The van der Waals surface area contributed by atoms with Gasteiger partial charge in [0.1, 0.15) is 0 Å². The molecule has 1 fully saturated rings. The molecule has 0 spiro atoms. The Hall–Kier alpha value is -1.41. The Morgan fingerprint density at radius 3 is 2.38 bits per heavy atom. The van der Waals surface area contributed by atoms with Crippen molar-refractivity contribution < 1.29 is 5.11 Å². The molecule has 1 aliphatic carbocycles. The first-order valence-electron chi connectivity index (χ1n) is 8.17. The van der Waals surface area contributed by atoms with E-state index in [1.807, 2.05) is 24.5 Å². The van der Waals surface area contributed by atoms with E-state index in [1.54, 1.807) is 0 Å². The third-order valence-electron chi connectivity index (χ3n) is 5.22. The van der Waals surface area contributed by atoms with Crippen LogP contribution >= 0.6 is 0 Å². The fourth-order valence-corrected chi connectivity index (χ4v) is 3.76. The third-order valence-corrected chi connectivity index (χ3v) is 5.22. The van der Waals surface area contributed by atoms with Gasteiger partial charge in [0.25, 0.3) is 0 Å². The Morgan fingerprint density at radius 2 is 1.67 bits per heavy atom. The second-order valence-electron chi connectivity index (χ2n) is 6.81. The van der Waals surface area contributed by atoms with Gasteiger partial charge in [-0.05, 0) is 48.8 Å². The number of nitrogens with zero attached hydrogens (tertiary/aromatic N) is 1. The van der Waals surface area contributed by atoms with Crippen LogP contribution in [-0.2, 0) is 0 Å². The Kier molecular flexibility index (Phi) is 4.25. The Labute approximate surface area is 127 Å². The molecule has 0 saturated heterocycles. The minimum Gasteiger partial charge on any atom is -0.388 e. The molecule has 112 valence electrons. The van der Waals surface area contributed by atoms with E-state index in [2.05, 4.69) is 31.0 Å². The predicted molar refractivity (Wildman–Crippen MR) is 87.0 cm³/mol. The average Bonchev–Trinajstić information content (AvgIpc) is 2.53. The number of fused-ring (bicyclic) bond motifs is 1. The largest absolute Gasteiger partial charge is 0.388 e. The summed E-state index contributed by atoms with van der Waals surface area (Å²) >= 11 is 0. The Balaban J connectivity index is 1.80. The molecule has 0 amide bonds. The molecular formula is C19H25NO. The molecule has 21 heavy (non-hydrogen) atoms. The van der Waals surface area contributed by atoms with Crippen LogP contribution in [0.25, 0.3) is 10.8 Å². The van der Waals surface area contributed by atoms with Crippen molar-refractivity contribution in [3.8, 4) is 0 Å². The van der Waals surface area contributed by atoms with E-state index < -0.39 is 0 Å². The lowest BCUT2D eigenvalue weighted by Gasteiger charge is -2.33. The van der Waals surface area contributed by atoms with Gasteiger partial charge in [0, 0.05) is 23.3 Å². The highest BCUT2D eigenvalue weighted by molar-refractivity contribution is 5.84. The number of aromatic nitrogens is 1. The van der Waals surface area contributed by atoms with Gasteiger partial charge in [0.05, 0.1) is 6.10 Å². The molecule has 1 atom stereocenters. The zero-order valence-corrected chi connectivity index (χ0v) is 13.0. The summed E-state index contributed by atoms with van der Waals surface area (Å²) in [4.78, 5) is 4.31. The smallest absolute Gasteiger partial charge is 0.0839 e. The minimum atomic E-state index is -0.378.